The summed E-state index contributed by atoms with van der Waals surface area (Å²) in [5, 5.41) is 7.67. The van der Waals surface area contributed by atoms with E-state index in [0.717, 1.165) is 5.56 Å². The Morgan fingerprint density at radius 1 is 1.23 bits per heavy atom. The number of imide groups is 1. The van der Waals surface area contributed by atoms with Crippen molar-refractivity contribution >= 4 is 28.9 Å². The first-order valence-corrected chi connectivity index (χ1v) is 8.47. The van der Waals surface area contributed by atoms with Crippen molar-refractivity contribution in [2.75, 3.05) is 6.54 Å². The zero-order chi connectivity index (χ0) is 18.8. The summed E-state index contributed by atoms with van der Waals surface area (Å²) < 4.78 is 2.90. The number of carbonyl (C=O) groups excluding carboxylic acids is 3. The van der Waals surface area contributed by atoms with E-state index in [0.29, 0.717) is 30.5 Å². The largest absolute Gasteiger partial charge is 0.338 e. The number of nitrogens with one attached hydrogen (secondary N) is 3. The molecular weight excluding hydrogens is 338 g/mol. The van der Waals surface area contributed by atoms with Crippen LogP contribution in [-0.4, -0.2) is 33.5 Å². The van der Waals surface area contributed by atoms with Gasteiger partial charge in [-0.3, -0.25) is 24.0 Å². The Bertz CT molecular complexity index is 943. The summed E-state index contributed by atoms with van der Waals surface area (Å²) in [5.41, 5.74) is 1.80. The van der Waals surface area contributed by atoms with Crippen LogP contribution in [0.3, 0.4) is 0 Å². The monoisotopic (exact) mass is 359 g/mol. The third-order valence-corrected chi connectivity index (χ3v) is 4.47. The second-order valence-corrected chi connectivity index (χ2v) is 6.21. The molecule has 0 saturated carbocycles. The molecule has 26 heavy (non-hydrogen) atoms. The fourth-order valence-corrected chi connectivity index (χ4v) is 3.15. The Balaban J connectivity index is 1.93. The summed E-state index contributed by atoms with van der Waals surface area (Å²) in [7, 11) is 1.63. The van der Waals surface area contributed by atoms with Crippen LogP contribution in [0.2, 0.25) is 0 Å². The van der Waals surface area contributed by atoms with Crippen molar-refractivity contribution in [1.82, 2.24) is 25.1 Å². The van der Waals surface area contributed by atoms with Gasteiger partial charge in [0.25, 0.3) is 0 Å². The predicted octanol–water partition coefficient (Wildman–Crippen LogP) is 0.137. The van der Waals surface area contributed by atoms with Crippen LogP contribution in [0.15, 0.2) is 23.0 Å². The van der Waals surface area contributed by atoms with Gasteiger partial charge >= 0.3 is 11.7 Å². The Morgan fingerprint density at radius 3 is 2.69 bits per heavy atom. The van der Waals surface area contributed by atoms with Crippen molar-refractivity contribution in [2.24, 2.45) is 7.05 Å². The number of rotatable bonds is 4. The van der Waals surface area contributed by atoms with Crippen molar-refractivity contribution in [2.45, 2.75) is 32.4 Å². The summed E-state index contributed by atoms with van der Waals surface area (Å²) in [6.07, 6.45) is 0.498. The maximum Gasteiger partial charge on any atom is 0.329 e. The second-order valence-electron chi connectivity index (χ2n) is 6.21. The molecular formula is C17H21N5O4. The highest BCUT2D eigenvalue weighted by atomic mass is 16.2. The maximum atomic E-state index is 12.7. The number of amides is 4. The normalized spacial score (nSPS) is 17.2. The molecule has 2 aromatic rings. The Morgan fingerprint density at radius 2 is 2.00 bits per heavy atom. The van der Waals surface area contributed by atoms with Gasteiger partial charge in [0.1, 0.15) is 6.04 Å². The van der Waals surface area contributed by atoms with Gasteiger partial charge in [-0.05, 0) is 31.0 Å². The number of carbonyl (C=O) groups is 3. The average molecular weight is 359 g/mol. The van der Waals surface area contributed by atoms with Crippen LogP contribution in [0, 0.1) is 0 Å². The van der Waals surface area contributed by atoms with E-state index in [1.807, 2.05) is 13.0 Å². The van der Waals surface area contributed by atoms with Gasteiger partial charge in [-0.2, -0.15) is 0 Å². The van der Waals surface area contributed by atoms with Crippen LogP contribution in [-0.2, 0) is 23.2 Å². The number of fused-ring (bicyclic) bond motifs is 1. The summed E-state index contributed by atoms with van der Waals surface area (Å²) >= 11 is 0. The van der Waals surface area contributed by atoms with E-state index in [-0.39, 0.29) is 24.0 Å². The highest BCUT2D eigenvalue weighted by molar-refractivity contribution is 6.00. The van der Waals surface area contributed by atoms with Gasteiger partial charge in [-0.1, -0.05) is 6.07 Å². The molecule has 2 heterocycles. The van der Waals surface area contributed by atoms with Crippen LogP contribution in [0.25, 0.3) is 11.0 Å². The van der Waals surface area contributed by atoms with Crippen LogP contribution in [0.1, 0.15) is 31.4 Å². The average Bonchev–Trinajstić information content (AvgIpc) is 2.85. The Labute approximate surface area is 149 Å². The van der Waals surface area contributed by atoms with Crippen LogP contribution < -0.4 is 21.6 Å². The van der Waals surface area contributed by atoms with Crippen molar-refractivity contribution in [3.8, 4) is 0 Å². The fourth-order valence-electron chi connectivity index (χ4n) is 3.15. The lowest BCUT2D eigenvalue weighted by Crippen LogP contribution is -2.44. The van der Waals surface area contributed by atoms with E-state index in [9.17, 15) is 19.2 Å². The smallest absolute Gasteiger partial charge is 0.329 e. The summed E-state index contributed by atoms with van der Waals surface area (Å²) in [6.45, 7) is 2.69. The minimum atomic E-state index is -0.705. The molecule has 1 atom stereocenters. The first-order valence-electron chi connectivity index (χ1n) is 8.47. The molecule has 0 bridgehead atoms. The van der Waals surface area contributed by atoms with Gasteiger partial charge in [-0.25, -0.2) is 9.59 Å². The van der Waals surface area contributed by atoms with Gasteiger partial charge in [0, 0.05) is 26.6 Å². The van der Waals surface area contributed by atoms with E-state index in [4.69, 9.17) is 0 Å². The Kier molecular flexibility index (Phi) is 4.79. The highest BCUT2D eigenvalue weighted by Gasteiger charge is 2.31. The summed E-state index contributed by atoms with van der Waals surface area (Å²) in [4.78, 5) is 47.7. The molecule has 138 valence electrons. The van der Waals surface area contributed by atoms with Crippen LogP contribution >= 0.6 is 0 Å². The van der Waals surface area contributed by atoms with Gasteiger partial charge < -0.3 is 10.6 Å². The molecule has 1 unspecified atom stereocenters. The second kappa shape index (κ2) is 7.03. The minimum Gasteiger partial charge on any atom is -0.338 e. The van der Waals surface area contributed by atoms with E-state index in [2.05, 4.69) is 16.0 Å². The fraction of sp³-hybridized carbons (Fsp3) is 0.412. The quantitative estimate of drug-likeness (QED) is 0.674. The van der Waals surface area contributed by atoms with Gasteiger partial charge in [-0.15, -0.1) is 0 Å². The number of hydrogen-bond acceptors (Lipinski definition) is 4. The SMILES string of the molecule is CCNC(=O)NCc1ccc2c(c1)n(C)c(=O)n2C1CCC(=O)NC1=O. The molecule has 9 nitrogen and oxygen atoms in total. The molecule has 3 N–H and O–H groups in total. The van der Waals surface area contributed by atoms with Crippen molar-refractivity contribution < 1.29 is 14.4 Å². The van der Waals surface area contributed by atoms with E-state index in [1.165, 1.54) is 9.13 Å². The molecule has 1 aromatic heterocycles. The van der Waals surface area contributed by atoms with E-state index in [1.54, 1.807) is 19.2 Å². The number of aromatic nitrogens is 2. The first kappa shape index (κ1) is 17.7. The zero-order valence-electron chi connectivity index (χ0n) is 14.7. The van der Waals surface area contributed by atoms with E-state index >= 15 is 0 Å². The number of hydrogen-bond donors (Lipinski definition) is 3. The third-order valence-electron chi connectivity index (χ3n) is 4.47. The summed E-state index contributed by atoms with van der Waals surface area (Å²) in [6, 6.07) is 4.41. The van der Waals surface area contributed by atoms with Gasteiger partial charge in [0.05, 0.1) is 11.0 Å². The molecule has 0 radical (unpaired) electrons. The van der Waals surface area contributed by atoms with E-state index < -0.39 is 11.9 Å². The molecule has 1 saturated heterocycles. The molecule has 9 heteroatoms. The number of imidazole rings is 1. The molecule has 0 spiro atoms. The lowest BCUT2D eigenvalue weighted by molar-refractivity contribution is -0.135. The summed E-state index contributed by atoms with van der Waals surface area (Å²) in [5.74, 6) is -0.781. The topological polar surface area (TPSA) is 114 Å². The first-order chi connectivity index (χ1) is 12.4. The number of piperidine rings is 1. The highest BCUT2D eigenvalue weighted by Crippen LogP contribution is 2.23. The zero-order valence-corrected chi connectivity index (χ0v) is 14.7. The molecule has 1 fully saturated rings. The number of urea groups is 1. The standard InChI is InChI=1S/C17H21N5O4/c1-3-18-16(25)19-9-10-4-5-11-13(8-10)21(2)17(26)22(11)12-6-7-14(23)20-15(12)24/h4-5,8,12H,3,6-7,9H2,1-2H3,(H2,18,19,25)(H,20,23,24). The van der Waals surface area contributed by atoms with Crippen molar-refractivity contribution in [3.05, 3.63) is 34.2 Å². The number of aryl methyl sites for hydroxylation is 1. The Hall–Kier alpha value is -3.10. The van der Waals surface area contributed by atoms with Gasteiger partial charge in [0.2, 0.25) is 11.8 Å². The molecule has 3 rings (SSSR count). The molecule has 1 aliphatic heterocycles. The molecule has 0 aliphatic carbocycles. The van der Waals surface area contributed by atoms with Gasteiger partial charge in [0.15, 0.2) is 0 Å². The van der Waals surface area contributed by atoms with Crippen molar-refractivity contribution in [3.63, 3.8) is 0 Å². The third kappa shape index (κ3) is 3.19. The molecule has 1 aliphatic rings. The molecule has 4 amide bonds. The lowest BCUT2D eigenvalue weighted by Gasteiger charge is -2.21. The molecule has 1 aromatic carbocycles. The van der Waals surface area contributed by atoms with Crippen molar-refractivity contribution in [1.29, 1.82) is 0 Å². The van der Waals surface area contributed by atoms with Crippen LogP contribution in [0.5, 0.6) is 0 Å². The number of nitrogens with zero attached hydrogens (tertiary/aromatic N) is 2. The van der Waals surface area contributed by atoms with Crippen LogP contribution in [0.4, 0.5) is 4.79 Å². The lowest BCUT2D eigenvalue weighted by atomic mass is 10.1. The predicted molar refractivity (Wildman–Crippen MR) is 94.5 cm³/mol. The number of benzene rings is 1. The maximum absolute atomic E-state index is 12.7. The minimum absolute atomic E-state index is 0.202.